The minimum Gasteiger partial charge on any atom is -0.497 e. The molecule has 3 rings (SSSR count). The molecule has 0 saturated carbocycles. The molecule has 2 heterocycles. The minimum absolute atomic E-state index is 0.0683. The van der Waals surface area contributed by atoms with E-state index in [-0.39, 0.29) is 11.7 Å². The van der Waals surface area contributed by atoms with Gasteiger partial charge in [0, 0.05) is 36.5 Å². The molecule has 1 aromatic heterocycles. The van der Waals surface area contributed by atoms with Crippen LogP contribution >= 0.6 is 0 Å². The second-order valence-corrected chi connectivity index (χ2v) is 6.20. The molecule has 1 N–H and O–H groups in total. The van der Waals surface area contributed by atoms with Crippen LogP contribution in [0.1, 0.15) is 34.5 Å². The molecule has 2 aromatic rings. The molecule has 0 unspecified atom stereocenters. The van der Waals surface area contributed by atoms with Gasteiger partial charge >= 0.3 is 0 Å². The predicted octanol–water partition coefficient (Wildman–Crippen LogP) is 2.82. The molecule has 1 atom stereocenters. The number of carbonyl (C=O) groups is 1. The van der Waals surface area contributed by atoms with Gasteiger partial charge in [-0.3, -0.25) is 14.8 Å². The first-order valence-corrected chi connectivity index (χ1v) is 8.07. The first kappa shape index (κ1) is 15.7. The highest BCUT2D eigenvalue weighted by molar-refractivity contribution is 5.99. The molecule has 23 heavy (non-hydrogen) atoms. The Morgan fingerprint density at radius 2 is 2.30 bits per heavy atom. The van der Waals surface area contributed by atoms with Crippen molar-refractivity contribution >= 4 is 5.78 Å². The molecule has 1 aromatic carbocycles. The van der Waals surface area contributed by atoms with E-state index < -0.39 is 0 Å². The summed E-state index contributed by atoms with van der Waals surface area (Å²) in [5.41, 5.74) is 2.90. The Kier molecular flexibility index (Phi) is 4.76. The fourth-order valence-corrected chi connectivity index (χ4v) is 3.29. The number of nitrogens with one attached hydrogen (secondary N) is 1. The van der Waals surface area contributed by atoms with Gasteiger partial charge in [-0.15, -0.1) is 0 Å². The number of aryl methyl sites for hydroxylation is 1. The zero-order chi connectivity index (χ0) is 16.2. The van der Waals surface area contributed by atoms with E-state index in [0.29, 0.717) is 0 Å². The molecule has 122 valence electrons. The topological polar surface area (TPSA) is 58.2 Å². The molecule has 0 spiro atoms. The highest BCUT2D eigenvalue weighted by Crippen LogP contribution is 2.25. The number of nitrogens with zero attached hydrogens (tertiary/aromatic N) is 2. The third kappa shape index (κ3) is 3.62. The number of Topliss-reactive ketones (excluding diaryl/α,β-unsaturated/α-hetero) is 1. The number of H-pyrrole nitrogens is 1. The molecule has 5 heteroatoms. The molecule has 0 bridgehead atoms. The summed E-state index contributed by atoms with van der Waals surface area (Å²) in [5.74, 6) is 1.11. The number of aromatic amines is 1. The number of piperidine rings is 1. The Balaban J connectivity index is 1.69. The third-order valence-electron chi connectivity index (χ3n) is 4.53. The quantitative estimate of drug-likeness (QED) is 0.862. The minimum atomic E-state index is 0.0683. The van der Waals surface area contributed by atoms with Gasteiger partial charge in [0.15, 0.2) is 5.78 Å². The van der Waals surface area contributed by atoms with Crippen LogP contribution in [0.25, 0.3) is 0 Å². The molecule has 1 saturated heterocycles. The maximum Gasteiger partial charge on any atom is 0.167 e. The predicted molar refractivity (Wildman–Crippen MR) is 88.7 cm³/mol. The lowest BCUT2D eigenvalue weighted by Gasteiger charge is -2.31. The molecule has 1 fully saturated rings. The van der Waals surface area contributed by atoms with Crippen molar-refractivity contribution in [3.8, 4) is 5.75 Å². The zero-order valence-electron chi connectivity index (χ0n) is 13.7. The number of ether oxygens (including phenoxy) is 1. The van der Waals surface area contributed by atoms with Crippen molar-refractivity contribution in [3.05, 3.63) is 47.3 Å². The smallest absolute Gasteiger partial charge is 0.167 e. The highest BCUT2D eigenvalue weighted by Gasteiger charge is 2.27. The summed E-state index contributed by atoms with van der Waals surface area (Å²) >= 11 is 0. The van der Waals surface area contributed by atoms with Crippen LogP contribution in [-0.4, -0.2) is 41.1 Å². The lowest BCUT2D eigenvalue weighted by Crippen LogP contribution is -2.38. The Labute approximate surface area is 136 Å². The number of hydrogen-bond acceptors (Lipinski definition) is 4. The van der Waals surface area contributed by atoms with Crippen molar-refractivity contribution in [2.24, 2.45) is 5.92 Å². The monoisotopic (exact) mass is 313 g/mol. The Bertz CT molecular complexity index is 667. The molecule has 1 aliphatic heterocycles. The molecule has 0 amide bonds. The van der Waals surface area contributed by atoms with Crippen LogP contribution in [0.5, 0.6) is 5.75 Å². The summed E-state index contributed by atoms with van der Waals surface area (Å²) in [6.07, 6.45) is 3.78. The van der Waals surface area contributed by atoms with Gasteiger partial charge in [0.25, 0.3) is 0 Å². The molecule has 0 radical (unpaired) electrons. The third-order valence-corrected chi connectivity index (χ3v) is 4.53. The van der Waals surface area contributed by atoms with Gasteiger partial charge in [-0.05, 0) is 56.1 Å². The lowest BCUT2D eigenvalue weighted by molar-refractivity contribution is 0.0809. The van der Waals surface area contributed by atoms with E-state index in [0.717, 1.165) is 55.0 Å². The summed E-state index contributed by atoms with van der Waals surface area (Å²) < 4.78 is 5.22. The van der Waals surface area contributed by atoms with Crippen LogP contribution in [0, 0.1) is 12.8 Å². The number of aromatic nitrogens is 2. The van der Waals surface area contributed by atoms with Crippen LogP contribution in [0.4, 0.5) is 0 Å². The van der Waals surface area contributed by atoms with Gasteiger partial charge in [-0.25, -0.2) is 0 Å². The number of benzene rings is 1. The van der Waals surface area contributed by atoms with Crippen LogP contribution in [0.2, 0.25) is 0 Å². The number of ketones is 1. The summed E-state index contributed by atoms with van der Waals surface area (Å²) in [4.78, 5) is 15.2. The van der Waals surface area contributed by atoms with E-state index in [1.165, 1.54) is 0 Å². The van der Waals surface area contributed by atoms with Gasteiger partial charge in [-0.2, -0.15) is 5.10 Å². The van der Waals surface area contributed by atoms with E-state index in [9.17, 15) is 4.79 Å². The average molecular weight is 313 g/mol. The van der Waals surface area contributed by atoms with Crippen molar-refractivity contribution in [2.45, 2.75) is 26.3 Å². The second kappa shape index (κ2) is 6.96. The van der Waals surface area contributed by atoms with Crippen LogP contribution < -0.4 is 4.74 Å². The van der Waals surface area contributed by atoms with Crippen LogP contribution in [0.3, 0.4) is 0 Å². The fourth-order valence-electron chi connectivity index (χ4n) is 3.29. The van der Waals surface area contributed by atoms with Gasteiger partial charge in [-0.1, -0.05) is 0 Å². The molecular weight excluding hydrogens is 290 g/mol. The fraction of sp³-hybridized carbons (Fsp3) is 0.444. The first-order chi connectivity index (χ1) is 11.2. The van der Waals surface area contributed by atoms with Crippen molar-refractivity contribution < 1.29 is 9.53 Å². The van der Waals surface area contributed by atoms with Gasteiger partial charge < -0.3 is 4.74 Å². The van der Waals surface area contributed by atoms with Crippen molar-refractivity contribution in [2.75, 3.05) is 20.2 Å². The highest BCUT2D eigenvalue weighted by atomic mass is 16.5. The van der Waals surface area contributed by atoms with E-state index in [1.807, 2.05) is 31.2 Å². The van der Waals surface area contributed by atoms with Crippen molar-refractivity contribution in [1.29, 1.82) is 0 Å². The van der Waals surface area contributed by atoms with Gasteiger partial charge in [0.1, 0.15) is 5.75 Å². The Morgan fingerprint density at radius 3 is 3.00 bits per heavy atom. The summed E-state index contributed by atoms with van der Waals surface area (Å²) in [6.45, 7) is 4.64. The van der Waals surface area contributed by atoms with E-state index in [2.05, 4.69) is 15.1 Å². The van der Waals surface area contributed by atoms with Gasteiger partial charge in [0.05, 0.1) is 7.11 Å². The van der Waals surface area contributed by atoms with Gasteiger partial charge in [0.2, 0.25) is 0 Å². The Morgan fingerprint density at radius 1 is 1.43 bits per heavy atom. The molecular formula is C18H23N3O2. The van der Waals surface area contributed by atoms with E-state index in [4.69, 9.17) is 4.74 Å². The first-order valence-electron chi connectivity index (χ1n) is 8.07. The number of hydrogen-bond donors (Lipinski definition) is 1. The number of methoxy groups -OCH3 is 1. The normalized spacial score (nSPS) is 18.8. The van der Waals surface area contributed by atoms with E-state index in [1.54, 1.807) is 13.3 Å². The molecule has 1 aliphatic rings. The van der Waals surface area contributed by atoms with Crippen LogP contribution in [0.15, 0.2) is 30.5 Å². The second-order valence-electron chi connectivity index (χ2n) is 6.20. The Hall–Kier alpha value is -2.14. The SMILES string of the molecule is COc1ccc(C(=O)[C@H]2CCCN(Cc3ccn[nH]3)C2)c(C)c1. The van der Waals surface area contributed by atoms with Crippen molar-refractivity contribution in [1.82, 2.24) is 15.1 Å². The molecule has 0 aliphatic carbocycles. The van der Waals surface area contributed by atoms with Crippen molar-refractivity contribution in [3.63, 3.8) is 0 Å². The zero-order valence-corrected chi connectivity index (χ0v) is 13.7. The maximum absolute atomic E-state index is 12.9. The summed E-state index contributed by atoms with van der Waals surface area (Å²) in [6, 6.07) is 7.67. The average Bonchev–Trinajstić information content (AvgIpc) is 3.07. The summed E-state index contributed by atoms with van der Waals surface area (Å²) in [7, 11) is 1.64. The lowest BCUT2D eigenvalue weighted by atomic mass is 9.88. The van der Waals surface area contributed by atoms with E-state index >= 15 is 0 Å². The molecule has 5 nitrogen and oxygen atoms in total. The largest absolute Gasteiger partial charge is 0.497 e. The standard InChI is InChI=1S/C18H23N3O2/c1-13-10-16(23-2)5-6-17(13)18(22)14-4-3-9-21(11-14)12-15-7-8-19-20-15/h5-8,10,14H,3-4,9,11-12H2,1-2H3,(H,19,20)/t14-/m0/s1. The number of carbonyl (C=O) groups excluding carboxylic acids is 1. The number of rotatable bonds is 5. The maximum atomic E-state index is 12.9. The summed E-state index contributed by atoms with van der Waals surface area (Å²) in [5, 5.41) is 6.98. The van der Waals surface area contributed by atoms with Crippen LogP contribution in [-0.2, 0) is 6.54 Å². The number of likely N-dealkylation sites (tertiary alicyclic amines) is 1.